The average Bonchev–Trinajstić information content (AvgIpc) is 3.13. The number of nitrogens with one attached hydrogen (secondary N) is 2. The largest absolute Gasteiger partial charge is 0.497 e. The lowest BCUT2D eigenvalue weighted by Gasteiger charge is -2.14. The maximum atomic E-state index is 5.43. The van der Waals surface area contributed by atoms with E-state index in [1.165, 1.54) is 0 Å². The van der Waals surface area contributed by atoms with Crippen LogP contribution in [0, 0.1) is 0 Å². The van der Waals surface area contributed by atoms with Gasteiger partial charge in [0, 0.05) is 50.6 Å². The van der Waals surface area contributed by atoms with E-state index in [1.54, 1.807) is 21.3 Å². The summed E-state index contributed by atoms with van der Waals surface area (Å²) >= 11 is 0. The summed E-state index contributed by atoms with van der Waals surface area (Å²) in [5.41, 5.74) is 3.03. The second-order valence-corrected chi connectivity index (χ2v) is 5.98. The highest BCUT2D eigenvalue weighted by Crippen LogP contribution is 2.24. The molecular weight excluding hydrogens is 469 g/mol. The first-order valence-electron chi connectivity index (χ1n) is 8.81. The number of fused-ring (bicyclic) bond motifs is 1. The van der Waals surface area contributed by atoms with Crippen LogP contribution in [0.3, 0.4) is 0 Å². The molecule has 2 heterocycles. The number of aliphatic imine (C=N–C) groups is 1. The minimum absolute atomic E-state index is 0. The van der Waals surface area contributed by atoms with Gasteiger partial charge in [-0.25, -0.2) is 4.98 Å². The molecular formula is C20H26IN5O2. The van der Waals surface area contributed by atoms with Crippen LogP contribution in [0.25, 0.3) is 5.65 Å². The number of methoxy groups -OCH3 is 2. The first-order chi connectivity index (χ1) is 13.2. The summed E-state index contributed by atoms with van der Waals surface area (Å²) in [5, 5.41) is 6.62. The zero-order valence-electron chi connectivity index (χ0n) is 16.3. The Kier molecular flexibility index (Phi) is 8.37. The summed E-state index contributed by atoms with van der Waals surface area (Å²) in [6.07, 6.45) is 4.87. The monoisotopic (exact) mass is 495 g/mol. The first-order valence-corrected chi connectivity index (χ1v) is 8.81. The molecule has 0 unspecified atom stereocenters. The average molecular weight is 495 g/mol. The Morgan fingerprint density at radius 1 is 1.14 bits per heavy atom. The number of hydrogen-bond acceptors (Lipinski definition) is 4. The number of benzene rings is 1. The Labute approximate surface area is 182 Å². The van der Waals surface area contributed by atoms with Crippen molar-refractivity contribution >= 4 is 35.6 Å². The van der Waals surface area contributed by atoms with Gasteiger partial charge in [-0.15, -0.1) is 24.0 Å². The second-order valence-electron chi connectivity index (χ2n) is 5.98. The number of guanidine groups is 1. The third-order valence-electron chi connectivity index (χ3n) is 4.25. The molecule has 0 saturated heterocycles. The fourth-order valence-corrected chi connectivity index (χ4v) is 2.81. The summed E-state index contributed by atoms with van der Waals surface area (Å²) in [6, 6.07) is 11.8. The molecule has 8 heteroatoms. The lowest BCUT2D eigenvalue weighted by molar-refractivity contribution is 0.390. The van der Waals surface area contributed by atoms with Crippen LogP contribution in [-0.2, 0) is 13.0 Å². The van der Waals surface area contributed by atoms with E-state index in [9.17, 15) is 0 Å². The maximum Gasteiger partial charge on any atom is 0.191 e. The molecule has 0 radical (unpaired) electrons. The van der Waals surface area contributed by atoms with E-state index in [0.29, 0.717) is 6.54 Å². The summed E-state index contributed by atoms with van der Waals surface area (Å²) in [7, 11) is 5.05. The van der Waals surface area contributed by atoms with Gasteiger partial charge in [0.1, 0.15) is 17.1 Å². The van der Waals surface area contributed by atoms with Crippen LogP contribution in [0.2, 0.25) is 0 Å². The Hall–Kier alpha value is -2.49. The van der Waals surface area contributed by atoms with Crippen molar-refractivity contribution in [3.8, 4) is 11.5 Å². The number of hydrogen-bond donors (Lipinski definition) is 2. The quantitative estimate of drug-likeness (QED) is 0.300. The molecule has 28 heavy (non-hydrogen) atoms. The Morgan fingerprint density at radius 3 is 2.71 bits per heavy atom. The third-order valence-corrected chi connectivity index (χ3v) is 4.25. The molecule has 0 aliphatic heterocycles. The fraction of sp³-hybridized carbons (Fsp3) is 0.300. The van der Waals surface area contributed by atoms with Crippen LogP contribution >= 0.6 is 24.0 Å². The highest BCUT2D eigenvalue weighted by molar-refractivity contribution is 14.0. The molecule has 0 bridgehead atoms. The van der Waals surface area contributed by atoms with Gasteiger partial charge in [0.15, 0.2) is 5.96 Å². The van der Waals surface area contributed by atoms with Gasteiger partial charge in [-0.3, -0.25) is 4.99 Å². The van der Waals surface area contributed by atoms with Crippen LogP contribution in [0.4, 0.5) is 0 Å². The molecule has 0 saturated carbocycles. The standard InChI is InChI=1S/C20H25N5O2.HI/c1-21-20(23-13-15-7-8-17(26-2)12-18(15)27-3)22-10-9-16-14-25-11-5-4-6-19(25)24-16;/h4-8,11-12,14H,9-10,13H2,1-3H3,(H2,21,22,23);1H. The molecule has 0 aliphatic carbocycles. The number of rotatable bonds is 7. The molecule has 3 rings (SSSR count). The molecule has 2 aromatic heterocycles. The van der Waals surface area contributed by atoms with Gasteiger partial charge >= 0.3 is 0 Å². The highest BCUT2D eigenvalue weighted by Gasteiger charge is 2.07. The van der Waals surface area contributed by atoms with Crippen molar-refractivity contribution in [3.05, 3.63) is 60.0 Å². The summed E-state index contributed by atoms with van der Waals surface area (Å²) in [5.74, 6) is 2.28. The molecule has 0 amide bonds. The van der Waals surface area contributed by atoms with Crippen LogP contribution in [0.1, 0.15) is 11.3 Å². The van der Waals surface area contributed by atoms with E-state index >= 15 is 0 Å². The van der Waals surface area contributed by atoms with Gasteiger partial charge in [0.2, 0.25) is 0 Å². The van der Waals surface area contributed by atoms with E-state index in [0.717, 1.165) is 47.3 Å². The van der Waals surface area contributed by atoms with E-state index in [1.807, 2.05) is 47.0 Å². The molecule has 0 atom stereocenters. The lowest BCUT2D eigenvalue weighted by atomic mass is 10.2. The Bertz CT molecular complexity index is 893. The van der Waals surface area contributed by atoms with Gasteiger partial charge in [-0.05, 0) is 24.3 Å². The van der Waals surface area contributed by atoms with Crippen molar-refractivity contribution in [1.82, 2.24) is 20.0 Å². The van der Waals surface area contributed by atoms with Gasteiger partial charge in [0.05, 0.1) is 19.9 Å². The van der Waals surface area contributed by atoms with E-state index in [2.05, 4.69) is 26.8 Å². The van der Waals surface area contributed by atoms with Crippen molar-refractivity contribution in [2.24, 2.45) is 4.99 Å². The summed E-state index contributed by atoms with van der Waals surface area (Å²) < 4.78 is 12.7. The van der Waals surface area contributed by atoms with Crippen molar-refractivity contribution in [2.75, 3.05) is 27.8 Å². The van der Waals surface area contributed by atoms with Crippen LogP contribution < -0.4 is 20.1 Å². The molecule has 0 aliphatic rings. The minimum atomic E-state index is 0. The van der Waals surface area contributed by atoms with Gasteiger partial charge in [0.25, 0.3) is 0 Å². The van der Waals surface area contributed by atoms with E-state index < -0.39 is 0 Å². The zero-order valence-corrected chi connectivity index (χ0v) is 18.6. The van der Waals surface area contributed by atoms with E-state index in [4.69, 9.17) is 9.47 Å². The van der Waals surface area contributed by atoms with Crippen LogP contribution in [-0.4, -0.2) is 43.2 Å². The Balaban J connectivity index is 0.00000280. The smallest absolute Gasteiger partial charge is 0.191 e. The SMILES string of the molecule is CN=C(NCCc1cn2ccccc2n1)NCc1ccc(OC)cc1OC.I. The van der Waals surface area contributed by atoms with Gasteiger partial charge < -0.3 is 24.5 Å². The lowest BCUT2D eigenvalue weighted by Crippen LogP contribution is -2.37. The highest BCUT2D eigenvalue weighted by atomic mass is 127. The Morgan fingerprint density at radius 2 is 2.00 bits per heavy atom. The van der Waals surface area contributed by atoms with Gasteiger partial charge in [-0.1, -0.05) is 6.07 Å². The van der Waals surface area contributed by atoms with Crippen LogP contribution in [0.15, 0.2) is 53.8 Å². The number of aromatic nitrogens is 2. The molecule has 1 aromatic carbocycles. The van der Waals surface area contributed by atoms with E-state index in [-0.39, 0.29) is 24.0 Å². The molecule has 0 spiro atoms. The maximum absolute atomic E-state index is 5.43. The molecule has 150 valence electrons. The van der Waals surface area contributed by atoms with Crippen LogP contribution in [0.5, 0.6) is 11.5 Å². The molecule has 7 nitrogen and oxygen atoms in total. The molecule has 3 aromatic rings. The minimum Gasteiger partial charge on any atom is -0.497 e. The van der Waals surface area contributed by atoms with Crippen molar-refractivity contribution < 1.29 is 9.47 Å². The van der Waals surface area contributed by atoms with Crippen molar-refractivity contribution in [1.29, 1.82) is 0 Å². The predicted octanol–water partition coefficient (Wildman–Crippen LogP) is 2.88. The van der Waals surface area contributed by atoms with Crippen molar-refractivity contribution in [3.63, 3.8) is 0 Å². The molecule has 2 N–H and O–H groups in total. The third kappa shape index (κ3) is 5.51. The number of halogens is 1. The van der Waals surface area contributed by atoms with Crippen molar-refractivity contribution in [2.45, 2.75) is 13.0 Å². The topological polar surface area (TPSA) is 72.2 Å². The first kappa shape index (κ1) is 21.8. The molecule has 0 fully saturated rings. The van der Waals surface area contributed by atoms with Gasteiger partial charge in [-0.2, -0.15) is 0 Å². The summed E-state index contributed by atoms with van der Waals surface area (Å²) in [6.45, 7) is 1.34. The number of nitrogens with zero attached hydrogens (tertiary/aromatic N) is 3. The number of pyridine rings is 1. The fourth-order valence-electron chi connectivity index (χ4n) is 2.81. The second kappa shape index (κ2) is 10.7. The summed E-state index contributed by atoms with van der Waals surface area (Å²) in [4.78, 5) is 8.87. The number of imidazole rings is 1. The predicted molar refractivity (Wildman–Crippen MR) is 122 cm³/mol. The normalized spacial score (nSPS) is 11.0. The number of ether oxygens (including phenoxy) is 2. The zero-order chi connectivity index (χ0) is 19.1.